The van der Waals surface area contributed by atoms with Gasteiger partial charge in [0.2, 0.25) is 6.10 Å². The van der Waals surface area contributed by atoms with Gasteiger partial charge in [0, 0.05) is 30.0 Å². The van der Waals surface area contributed by atoms with Crippen LogP contribution in [0.4, 0.5) is 36.8 Å². The number of aromatic nitrogens is 1. The summed E-state index contributed by atoms with van der Waals surface area (Å²) in [5.74, 6) is -0.287. The maximum atomic E-state index is 13.5. The standard InChI is InChI=1S/C21H20ClF6N3O2/c22-15-4-6-16(7-5-15)30-19(32)33-18(21(26,27)28)12-31-9-1-2-14(11-31)13-3-8-17(29-10-13)20(23,24)25/h3-8,10,14,18H,1-2,9,11-12H2,(H,30,32)/t14-,18?/m1/s1. The van der Waals surface area contributed by atoms with Crippen LogP contribution in [0.15, 0.2) is 42.6 Å². The summed E-state index contributed by atoms with van der Waals surface area (Å²) in [6.07, 6.45) is -10.8. The molecule has 0 aliphatic carbocycles. The lowest BCUT2D eigenvalue weighted by Gasteiger charge is -2.35. The first-order valence-electron chi connectivity index (χ1n) is 9.97. The Kier molecular flexibility index (Phi) is 7.73. The number of piperidine rings is 1. The second-order valence-electron chi connectivity index (χ2n) is 7.64. The largest absolute Gasteiger partial charge is 0.435 e. The number of benzene rings is 1. The van der Waals surface area contributed by atoms with E-state index in [4.69, 9.17) is 11.6 Å². The summed E-state index contributed by atoms with van der Waals surface area (Å²) in [5.41, 5.74) is -0.299. The van der Waals surface area contributed by atoms with E-state index in [0.717, 1.165) is 12.3 Å². The summed E-state index contributed by atoms with van der Waals surface area (Å²) in [6.45, 7) is -0.0941. The van der Waals surface area contributed by atoms with E-state index in [1.165, 1.54) is 35.2 Å². The number of amides is 1. The minimum Gasteiger partial charge on any atom is -0.435 e. The Hall–Kier alpha value is -2.53. The van der Waals surface area contributed by atoms with Gasteiger partial charge >= 0.3 is 18.4 Å². The first-order chi connectivity index (χ1) is 15.4. The fourth-order valence-electron chi connectivity index (χ4n) is 3.56. The van der Waals surface area contributed by atoms with Crippen molar-refractivity contribution in [2.75, 3.05) is 25.0 Å². The highest BCUT2D eigenvalue weighted by Gasteiger charge is 2.44. The Balaban J connectivity index is 1.62. The number of hydrogen-bond donors (Lipinski definition) is 1. The number of hydrogen-bond acceptors (Lipinski definition) is 4. The van der Waals surface area contributed by atoms with Crippen LogP contribution >= 0.6 is 11.6 Å². The third-order valence-corrected chi connectivity index (χ3v) is 5.43. The van der Waals surface area contributed by atoms with Gasteiger partial charge in [-0.25, -0.2) is 4.79 Å². The molecule has 1 N–H and O–H groups in total. The molecule has 1 aromatic carbocycles. The van der Waals surface area contributed by atoms with E-state index in [9.17, 15) is 31.1 Å². The molecule has 0 saturated carbocycles. The van der Waals surface area contributed by atoms with E-state index in [-0.39, 0.29) is 18.2 Å². The Morgan fingerprint density at radius 2 is 1.85 bits per heavy atom. The third kappa shape index (κ3) is 7.23. The van der Waals surface area contributed by atoms with Crippen LogP contribution in [0.3, 0.4) is 0 Å². The van der Waals surface area contributed by atoms with Crippen LogP contribution in [0.1, 0.15) is 30.0 Å². The predicted octanol–water partition coefficient (Wildman–Crippen LogP) is 6.11. The van der Waals surface area contributed by atoms with Crippen molar-refractivity contribution in [2.24, 2.45) is 0 Å². The van der Waals surface area contributed by atoms with Gasteiger partial charge in [0.25, 0.3) is 0 Å². The fourth-order valence-corrected chi connectivity index (χ4v) is 3.69. The van der Waals surface area contributed by atoms with Crippen LogP contribution in [0, 0.1) is 0 Å². The zero-order chi connectivity index (χ0) is 24.2. The Bertz CT molecular complexity index is 935. The molecule has 1 aliphatic heterocycles. The summed E-state index contributed by atoms with van der Waals surface area (Å²) in [5, 5.41) is 2.62. The van der Waals surface area contributed by atoms with E-state index in [0.29, 0.717) is 30.0 Å². The molecule has 3 rings (SSSR count). The second-order valence-corrected chi connectivity index (χ2v) is 8.08. The van der Waals surface area contributed by atoms with E-state index in [1.807, 2.05) is 0 Å². The molecule has 2 atom stereocenters. The van der Waals surface area contributed by atoms with Crippen LogP contribution in [0.25, 0.3) is 0 Å². The number of anilines is 1. The second kappa shape index (κ2) is 10.2. The minimum absolute atomic E-state index is 0.168. The van der Waals surface area contributed by atoms with Gasteiger partial charge in [-0.2, -0.15) is 26.3 Å². The van der Waals surface area contributed by atoms with Gasteiger partial charge in [-0.05, 0) is 61.2 Å². The minimum atomic E-state index is -4.81. The normalized spacial score (nSPS) is 18.6. The Morgan fingerprint density at radius 1 is 1.15 bits per heavy atom. The molecule has 1 amide bonds. The maximum absolute atomic E-state index is 13.5. The van der Waals surface area contributed by atoms with Gasteiger partial charge in [-0.15, -0.1) is 0 Å². The lowest BCUT2D eigenvalue weighted by Crippen LogP contribution is -2.47. The van der Waals surface area contributed by atoms with Gasteiger partial charge < -0.3 is 4.74 Å². The molecule has 5 nitrogen and oxygen atoms in total. The number of halogens is 7. The number of carbonyl (C=O) groups excluding carboxylic acids is 1. The first kappa shape index (κ1) is 25.1. The number of pyridine rings is 1. The molecule has 12 heteroatoms. The quantitative estimate of drug-likeness (QED) is 0.508. The third-order valence-electron chi connectivity index (χ3n) is 5.18. The number of likely N-dealkylation sites (tertiary alicyclic amines) is 1. The number of alkyl halides is 6. The van der Waals surface area contributed by atoms with Crippen LogP contribution in [-0.4, -0.2) is 47.9 Å². The van der Waals surface area contributed by atoms with E-state index < -0.39 is 36.8 Å². The van der Waals surface area contributed by atoms with Gasteiger partial charge in [0.15, 0.2) is 0 Å². The zero-order valence-corrected chi connectivity index (χ0v) is 17.8. The van der Waals surface area contributed by atoms with Crippen molar-refractivity contribution in [1.82, 2.24) is 9.88 Å². The number of nitrogens with one attached hydrogen (secondary N) is 1. The van der Waals surface area contributed by atoms with Crippen LogP contribution in [-0.2, 0) is 10.9 Å². The van der Waals surface area contributed by atoms with Gasteiger partial charge in [0.1, 0.15) is 5.69 Å². The highest BCUT2D eigenvalue weighted by atomic mass is 35.5. The maximum Gasteiger partial charge on any atom is 0.433 e. The number of rotatable bonds is 5. The summed E-state index contributed by atoms with van der Waals surface area (Å²) in [6, 6.07) is 7.90. The van der Waals surface area contributed by atoms with Crippen molar-refractivity contribution in [2.45, 2.75) is 37.2 Å². The van der Waals surface area contributed by atoms with Crippen molar-refractivity contribution < 1.29 is 35.9 Å². The molecule has 180 valence electrons. The van der Waals surface area contributed by atoms with Crippen molar-refractivity contribution in [3.8, 4) is 0 Å². The molecule has 1 unspecified atom stereocenters. The van der Waals surface area contributed by atoms with Crippen LogP contribution in [0.2, 0.25) is 5.02 Å². The SMILES string of the molecule is O=C(Nc1ccc(Cl)cc1)OC(CN1CCC[C@@H](c2ccc(C(F)(F)F)nc2)C1)C(F)(F)F. The smallest absolute Gasteiger partial charge is 0.433 e. The lowest BCUT2D eigenvalue weighted by atomic mass is 9.91. The average molecular weight is 496 g/mol. The molecule has 1 fully saturated rings. The van der Waals surface area contributed by atoms with Gasteiger partial charge in [-0.1, -0.05) is 17.7 Å². The molecule has 0 radical (unpaired) electrons. The predicted molar refractivity (Wildman–Crippen MR) is 109 cm³/mol. The number of nitrogens with zero attached hydrogens (tertiary/aromatic N) is 2. The number of ether oxygens (including phenoxy) is 1. The summed E-state index contributed by atoms with van der Waals surface area (Å²) in [4.78, 5) is 16.9. The molecule has 0 bridgehead atoms. The summed E-state index contributed by atoms with van der Waals surface area (Å²) < 4.78 is 83.4. The molecule has 0 spiro atoms. The molecule has 33 heavy (non-hydrogen) atoms. The van der Waals surface area contributed by atoms with Gasteiger partial charge in [-0.3, -0.25) is 15.2 Å². The monoisotopic (exact) mass is 495 g/mol. The molecule has 1 saturated heterocycles. The van der Waals surface area contributed by atoms with Crippen molar-refractivity contribution in [3.05, 3.63) is 58.9 Å². The fraction of sp³-hybridized carbons (Fsp3) is 0.429. The van der Waals surface area contributed by atoms with Crippen LogP contribution in [0.5, 0.6) is 0 Å². The highest BCUT2D eigenvalue weighted by molar-refractivity contribution is 6.30. The lowest BCUT2D eigenvalue weighted by molar-refractivity contribution is -0.207. The molecular weight excluding hydrogens is 476 g/mol. The van der Waals surface area contributed by atoms with Crippen molar-refractivity contribution >= 4 is 23.4 Å². The molecule has 2 aromatic rings. The molecule has 1 aliphatic rings. The molecular formula is C21H20ClF6N3O2. The highest BCUT2D eigenvalue weighted by Crippen LogP contribution is 2.32. The van der Waals surface area contributed by atoms with Crippen molar-refractivity contribution in [3.63, 3.8) is 0 Å². The first-order valence-corrected chi connectivity index (χ1v) is 10.3. The van der Waals surface area contributed by atoms with E-state index in [2.05, 4.69) is 15.0 Å². The topological polar surface area (TPSA) is 54.5 Å². The molecule has 2 heterocycles. The summed E-state index contributed by atoms with van der Waals surface area (Å²) >= 11 is 5.73. The van der Waals surface area contributed by atoms with Crippen LogP contribution < -0.4 is 5.32 Å². The Morgan fingerprint density at radius 3 is 2.42 bits per heavy atom. The Labute approximate surface area is 190 Å². The van der Waals surface area contributed by atoms with E-state index in [1.54, 1.807) is 0 Å². The zero-order valence-electron chi connectivity index (χ0n) is 17.1. The number of carbonyl (C=O) groups is 1. The van der Waals surface area contributed by atoms with Gasteiger partial charge in [0.05, 0.1) is 0 Å². The van der Waals surface area contributed by atoms with E-state index >= 15 is 0 Å². The summed E-state index contributed by atoms with van der Waals surface area (Å²) in [7, 11) is 0. The average Bonchev–Trinajstić information content (AvgIpc) is 2.74. The van der Waals surface area contributed by atoms with Crippen molar-refractivity contribution in [1.29, 1.82) is 0 Å². The molecule has 1 aromatic heterocycles.